The zero-order valence-corrected chi connectivity index (χ0v) is 26.5. The first-order valence-corrected chi connectivity index (χ1v) is 16.2. The number of methoxy groups -OCH3 is 1. The number of piperazine rings is 1. The predicted octanol–water partition coefficient (Wildman–Crippen LogP) is 2.15. The van der Waals surface area contributed by atoms with E-state index in [1.54, 1.807) is 7.11 Å². The van der Waals surface area contributed by atoms with Crippen molar-refractivity contribution in [3.05, 3.63) is 42.1 Å². The molecule has 44 heavy (non-hydrogen) atoms. The lowest BCUT2D eigenvalue weighted by molar-refractivity contribution is -0.134. The third kappa shape index (κ3) is 9.60. The molecule has 2 atom stereocenters. The van der Waals surface area contributed by atoms with E-state index in [0.717, 1.165) is 19.3 Å². The molecule has 2 saturated heterocycles. The Labute approximate surface area is 262 Å². The van der Waals surface area contributed by atoms with Crippen LogP contribution >= 0.6 is 20.0 Å². The van der Waals surface area contributed by atoms with Gasteiger partial charge in [0.05, 0.1) is 18.9 Å². The lowest BCUT2D eigenvalue weighted by Crippen LogP contribution is -2.56. The molecule has 16 heteroatoms. The summed E-state index contributed by atoms with van der Waals surface area (Å²) < 4.78 is 22.7. The zero-order chi connectivity index (χ0) is 31.0. The van der Waals surface area contributed by atoms with E-state index < -0.39 is 37.7 Å². The fraction of sp³-hybridized carbons (Fsp3) is 0.536. The van der Waals surface area contributed by atoms with Crippen LogP contribution < -0.4 is 10.2 Å². The normalized spacial score (nSPS) is 17.5. The van der Waals surface area contributed by atoms with Crippen molar-refractivity contribution >= 4 is 43.7 Å². The van der Waals surface area contributed by atoms with Crippen molar-refractivity contribution < 1.29 is 38.2 Å². The van der Waals surface area contributed by atoms with Crippen LogP contribution in [-0.2, 0) is 18.8 Å². The SMILES string of the molecule is CCCCOC(=O)N1CCN(C(=O)[C@H](CP(=O)(O)O)NC(=O)c2cc(N3CC[C@H](OC)C3)nc(-c3ccccc3)n2)CC1.Cl. The summed E-state index contributed by atoms with van der Waals surface area (Å²) >= 11 is 0. The molecule has 0 saturated carbocycles. The van der Waals surface area contributed by atoms with E-state index in [-0.39, 0.29) is 50.4 Å². The van der Waals surface area contributed by atoms with Crippen LogP contribution in [0.2, 0.25) is 0 Å². The highest BCUT2D eigenvalue weighted by Crippen LogP contribution is 2.35. The second-order valence-electron chi connectivity index (χ2n) is 10.5. The maximum atomic E-state index is 13.5. The van der Waals surface area contributed by atoms with Crippen LogP contribution in [0.15, 0.2) is 36.4 Å². The van der Waals surface area contributed by atoms with Crippen molar-refractivity contribution in [1.29, 1.82) is 0 Å². The third-order valence-corrected chi connectivity index (χ3v) is 8.22. The van der Waals surface area contributed by atoms with Gasteiger partial charge in [-0.05, 0) is 12.8 Å². The molecule has 0 unspecified atom stereocenters. The summed E-state index contributed by atoms with van der Waals surface area (Å²) in [5.41, 5.74) is 0.627. The molecule has 0 aliphatic carbocycles. The maximum Gasteiger partial charge on any atom is 0.409 e. The number of carbonyl (C=O) groups excluding carboxylic acids is 3. The van der Waals surface area contributed by atoms with Gasteiger partial charge in [0.2, 0.25) is 5.91 Å². The molecule has 1 aromatic carbocycles. The number of hydrogen-bond acceptors (Lipinski definition) is 9. The smallest absolute Gasteiger partial charge is 0.409 e. The van der Waals surface area contributed by atoms with Gasteiger partial charge in [0.1, 0.15) is 17.6 Å². The van der Waals surface area contributed by atoms with E-state index in [1.165, 1.54) is 15.9 Å². The van der Waals surface area contributed by atoms with Crippen LogP contribution in [0.5, 0.6) is 0 Å². The minimum Gasteiger partial charge on any atom is -0.449 e. The van der Waals surface area contributed by atoms with Crippen LogP contribution in [0.4, 0.5) is 10.6 Å². The number of hydrogen-bond donors (Lipinski definition) is 3. The minimum absolute atomic E-state index is 0. The van der Waals surface area contributed by atoms with Crippen LogP contribution in [-0.4, -0.2) is 119 Å². The number of unbranched alkanes of at least 4 members (excludes halogenated alkanes) is 1. The summed E-state index contributed by atoms with van der Waals surface area (Å²) in [7, 11) is -3.08. The molecule has 242 valence electrons. The monoisotopic (exact) mass is 654 g/mol. The Morgan fingerprint density at radius 2 is 1.75 bits per heavy atom. The number of amides is 3. The van der Waals surface area contributed by atoms with Crippen LogP contribution in [0.3, 0.4) is 0 Å². The number of halogens is 1. The van der Waals surface area contributed by atoms with Gasteiger partial charge in [-0.1, -0.05) is 43.7 Å². The Kier molecular flexibility index (Phi) is 12.9. The predicted molar refractivity (Wildman–Crippen MR) is 165 cm³/mol. The molecule has 2 aliphatic heterocycles. The standard InChI is InChI=1S/C28H39N6O8P.ClH/c1-3-4-16-42-28(37)33-14-12-32(13-15-33)27(36)23(19-43(38,39)40)30-26(35)22-17-24(34-11-10-21(18-34)41-2)31-25(29-22)20-8-6-5-7-9-20;/h5-9,17,21,23H,3-4,10-16,18-19H2,1-2H3,(H,30,35)(H2,38,39,40);1H/t21-,23-;/m0./s1. The van der Waals surface area contributed by atoms with Gasteiger partial charge in [0.15, 0.2) is 5.82 Å². The quantitative estimate of drug-likeness (QED) is 0.239. The van der Waals surface area contributed by atoms with Gasteiger partial charge in [-0.2, -0.15) is 0 Å². The molecule has 14 nitrogen and oxygen atoms in total. The maximum absolute atomic E-state index is 13.5. The summed E-state index contributed by atoms with van der Waals surface area (Å²) in [6.07, 6.45) is 1.08. The number of benzene rings is 1. The molecule has 2 aliphatic rings. The van der Waals surface area contributed by atoms with E-state index in [4.69, 9.17) is 9.47 Å². The lowest BCUT2D eigenvalue weighted by atomic mass is 10.2. The number of anilines is 1. The van der Waals surface area contributed by atoms with Crippen molar-refractivity contribution in [3.63, 3.8) is 0 Å². The summed E-state index contributed by atoms with van der Waals surface area (Å²) in [6.45, 7) is 4.17. The number of aromatic nitrogens is 2. The van der Waals surface area contributed by atoms with E-state index in [2.05, 4.69) is 15.3 Å². The lowest BCUT2D eigenvalue weighted by Gasteiger charge is -2.36. The average Bonchev–Trinajstić information content (AvgIpc) is 3.50. The Morgan fingerprint density at radius 3 is 2.36 bits per heavy atom. The van der Waals surface area contributed by atoms with Crippen LogP contribution in [0, 0.1) is 0 Å². The minimum atomic E-state index is -4.71. The highest BCUT2D eigenvalue weighted by Gasteiger charge is 2.35. The molecular formula is C28H40ClN6O8P. The topological polar surface area (TPSA) is 175 Å². The van der Waals surface area contributed by atoms with Gasteiger partial charge < -0.3 is 39.3 Å². The largest absolute Gasteiger partial charge is 0.449 e. The van der Waals surface area contributed by atoms with Gasteiger partial charge in [-0.3, -0.25) is 14.2 Å². The van der Waals surface area contributed by atoms with E-state index in [0.29, 0.717) is 36.9 Å². The Bertz CT molecular complexity index is 1320. The number of nitrogens with one attached hydrogen (secondary N) is 1. The Hall–Kier alpha value is -3.29. The highest BCUT2D eigenvalue weighted by molar-refractivity contribution is 7.51. The van der Waals surface area contributed by atoms with E-state index in [9.17, 15) is 28.7 Å². The van der Waals surface area contributed by atoms with Crippen molar-refractivity contribution in [1.82, 2.24) is 25.1 Å². The molecule has 2 aromatic rings. The molecular weight excluding hydrogens is 615 g/mol. The summed E-state index contributed by atoms with van der Waals surface area (Å²) in [5, 5.41) is 2.51. The Balaban J connectivity index is 0.00000529. The average molecular weight is 655 g/mol. The molecule has 0 radical (unpaired) electrons. The van der Waals surface area contributed by atoms with Gasteiger partial charge in [0.25, 0.3) is 5.91 Å². The fourth-order valence-electron chi connectivity index (χ4n) is 4.94. The Morgan fingerprint density at radius 1 is 1.07 bits per heavy atom. The van der Waals surface area contributed by atoms with Gasteiger partial charge in [-0.15, -0.1) is 12.4 Å². The van der Waals surface area contributed by atoms with Crippen molar-refractivity contribution in [2.45, 2.75) is 38.3 Å². The fourth-order valence-corrected chi connectivity index (χ4v) is 5.66. The second-order valence-corrected chi connectivity index (χ2v) is 12.2. The number of rotatable bonds is 11. The second kappa shape index (κ2) is 16.1. The van der Waals surface area contributed by atoms with Crippen molar-refractivity contribution in [2.75, 3.05) is 64.0 Å². The molecule has 1 aromatic heterocycles. The van der Waals surface area contributed by atoms with Crippen LogP contribution in [0.1, 0.15) is 36.7 Å². The van der Waals surface area contributed by atoms with E-state index in [1.807, 2.05) is 42.2 Å². The molecule has 0 bridgehead atoms. The first kappa shape index (κ1) is 35.2. The third-order valence-electron chi connectivity index (χ3n) is 7.38. The number of nitrogens with zero attached hydrogens (tertiary/aromatic N) is 5. The summed E-state index contributed by atoms with van der Waals surface area (Å²) in [5.74, 6) is -0.633. The van der Waals surface area contributed by atoms with Crippen molar-refractivity contribution in [3.8, 4) is 11.4 Å². The zero-order valence-electron chi connectivity index (χ0n) is 24.8. The number of ether oxygens (including phenoxy) is 2. The molecule has 0 spiro atoms. The van der Waals surface area contributed by atoms with Gasteiger partial charge in [-0.25, -0.2) is 14.8 Å². The molecule has 3 heterocycles. The summed E-state index contributed by atoms with van der Waals surface area (Å²) in [6, 6.07) is 9.09. The molecule has 3 amide bonds. The summed E-state index contributed by atoms with van der Waals surface area (Å²) in [4.78, 5) is 72.7. The highest BCUT2D eigenvalue weighted by atomic mass is 35.5. The van der Waals surface area contributed by atoms with Gasteiger partial charge in [0, 0.05) is 58.0 Å². The van der Waals surface area contributed by atoms with Crippen LogP contribution in [0.25, 0.3) is 11.4 Å². The first-order valence-electron chi connectivity index (χ1n) is 14.4. The molecule has 4 rings (SSSR count). The molecule has 3 N–H and O–H groups in total. The van der Waals surface area contributed by atoms with Gasteiger partial charge >= 0.3 is 13.7 Å². The number of carbonyl (C=O) groups is 3. The first-order chi connectivity index (χ1) is 20.6. The van der Waals surface area contributed by atoms with E-state index >= 15 is 0 Å². The molecule has 2 fully saturated rings. The van der Waals surface area contributed by atoms with Crippen molar-refractivity contribution in [2.24, 2.45) is 0 Å².